The molecule has 0 bridgehead atoms. The highest BCUT2D eigenvalue weighted by Gasteiger charge is 2.22. The molecule has 0 radical (unpaired) electrons. The molecule has 0 spiro atoms. The van der Waals surface area contributed by atoms with Crippen molar-refractivity contribution < 1.29 is 19.0 Å². The van der Waals surface area contributed by atoms with Crippen molar-refractivity contribution in [3.05, 3.63) is 82.8 Å². The van der Waals surface area contributed by atoms with Crippen LogP contribution in [0.4, 0.5) is 0 Å². The predicted octanol–water partition coefficient (Wildman–Crippen LogP) is 5.82. The standard InChI is InChI=1S/C20H15BrO4/c1-23-20(22)16-12-13-17(21)19(25-15-10-6-3-7-11-15)18(16)24-14-8-4-2-5-9-14/h2-13H,1H3. The summed E-state index contributed by atoms with van der Waals surface area (Å²) in [5, 5.41) is 0. The molecule has 5 heteroatoms. The summed E-state index contributed by atoms with van der Waals surface area (Å²) < 4.78 is 17.5. The summed E-state index contributed by atoms with van der Waals surface area (Å²) in [5.41, 5.74) is 0.278. The fraction of sp³-hybridized carbons (Fsp3) is 0.0500. The van der Waals surface area contributed by atoms with Gasteiger partial charge in [0.1, 0.15) is 17.1 Å². The van der Waals surface area contributed by atoms with Gasteiger partial charge in [-0.1, -0.05) is 36.4 Å². The Balaban J connectivity index is 2.09. The Labute approximate surface area is 154 Å². The molecular formula is C20H15BrO4. The summed E-state index contributed by atoms with van der Waals surface area (Å²) in [4.78, 5) is 12.2. The summed E-state index contributed by atoms with van der Waals surface area (Å²) in [6, 6.07) is 21.8. The fourth-order valence-electron chi connectivity index (χ4n) is 2.22. The zero-order valence-electron chi connectivity index (χ0n) is 13.4. The number of rotatable bonds is 5. The third-order valence-electron chi connectivity index (χ3n) is 3.40. The Morgan fingerprint density at radius 3 is 1.80 bits per heavy atom. The van der Waals surface area contributed by atoms with Crippen LogP contribution in [0.3, 0.4) is 0 Å². The molecule has 0 saturated heterocycles. The monoisotopic (exact) mass is 398 g/mol. The number of methoxy groups -OCH3 is 1. The SMILES string of the molecule is COC(=O)c1ccc(Br)c(Oc2ccccc2)c1Oc1ccccc1. The Morgan fingerprint density at radius 1 is 0.760 bits per heavy atom. The van der Waals surface area contributed by atoms with E-state index in [1.807, 2.05) is 48.5 Å². The van der Waals surface area contributed by atoms with Gasteiger partial charge in [0, 0.05) is 0 Å². The lowest BCUT2D eigenvalue weighted by molar-refractivity contribution is 0.0597. The van der Waals surface area contributed by atoms with Gasteiger partial charge in [-0.05, 0) is 52.3 Å². The number of para-hydroxylation sites is 2. The first kappa shape index (κ1) is 17.0. The lowest BCUT2D eigenvalue weighted by Gasteiger charge is -2.16. The molecule has 4 nitrogen and oxygen atoms in total. The summed E-state index contributed by atoms with van der Waals surface area (Å²) in [5.74, 6) is 1.40. The number of hydrogen-bond acceptors (Lipinski definition) is 4. The molecule has 0 aliphatic heterocycles. The quantitative estimate of drug-likeness (QED) is 0.507. The van der Waals surface area contributed by atoms with Crippen molar-refractivity contribution in [3.63, 3.8) is 0 Å². The van der Waals surface area contributed by atoms with Gasteiger partial charge in [-0.2, -0.15) is 0 Å². The number of benzene rings is 3. The van der Waals surface area contributed by atoms with Crippen LogP contribution < -0.4 is 9.47 Å². The fourth-order valence-corrected chi connectivity index (χ4v) is 2.61. The minimum absolute atomic E-state index is 0.278. The Bertz CT molecular complexity index is 864. The van der Waals surface area contributed by atoms with E-state index in [4.69, 9.17) is 14.2 Å². The van der Waals surface area contributed by atoms with Gasteiger partial charge in [0.15, 0.2) is 11.5 Å². The van der Waals surface area contributed by atoms with Crippen LogP contribution in [-0.2, 0) is 4.74 Å². The Kier molecular flexibility index (Phi) is 5.36. The maximum Gasteiger partial charge on any atom is 0.341 e. The minimum Gasteiger partial charge on any atom is -0.465 e. The number of hydrogen-bond donors (Lipinski definition) is 0. The smallest absolute Gasteiger partial charge is 0.341 e. The summed E-state index contributed by atoms with van der Waals surface area (Å²) >= 11 is 3.47. The van der Waals surface area contributed by atoms with Crippen LogP contribution in [0.25, 0.3) is 0 Å². The largest absolute Gasteiger partial charge is 0.465 e. The van der Waals surface area contributed by atoms with Crippen LogP contribution in [0.5, 0.6) is 23.0 Å². The molecule has 3 aromatic rings. The van der Waals surface area contributed by atoms with Crippen molar-refractivity contribution in [3.8, 4) is 23.0 Å². The third-order valence-corrected chi connectivity index (χ3v) is 4.02. The van der Waals surface area contributed by atoms with Gasteiger partial charge < -0.3 is 14.2 Å². The number of ether oxygens (including phenoxy) is 3. The van der Waals surface area contributed by atoms with Crippen molar-refractivity contribution in [2.24, 2.45) is 0 Å². The molecule has 0 saturated carbocycles. The van der Waals surface area contributed by atoms with Gasteiger partial charge in [-0.3, -0.25) is 0 Å². The van der Waals surface area contributed by atoms with E-state index in [0.717, 1.165) is 0 Å². The van der Waals surface area contributed by atoms with Crippen molar-refractivity contribution in [1.82, 2.24) is 0 Å². The molecule has 25 heavy (non-hydrogen) atoms. The average Bonchev–Trinajstić information content (AvgIpc) is 2.66. The number of esters is 1. The van der Waals surface area contributed by atoms with Crippen molar-refractivity contribution in [2.75, 3.05) is 7.11 Å². The molecule has 0 fully saturated rings. The van der Waals surface area contributed by atoms with Crippen LogP contribution in [0.15, 0.2) is 77.3 Å². The van der Waals surface area contributed by atoms with E-state index in [0.29, 0.717) is 21.7 Å². The van der Waals surface area contributed by atoms with Crippen LogP contribution in [-0.4, -0.2) is 13.1 Å². The van der Waals surface area contributed by atoms with Crippen molar-refractivity contribution in [2.45, 2.75) is 0 Å². The maximum atomic E-state index is 12.2. The average molecular weight is 399 g/mol. The molecule has 0 N–H and O–H groups in total. The van der Waals surface area contributed by atoms with E-state index in [1.165, 1.54) is 7.11 Å². The molecule has 0 amide bonds. The number of carbonyl (C=O) groups is 1. The minimum atomic E-state index is -0.503. The number of carbonyl (C=O) groups excluding carboxylic acids is 1. The zero-order chi connectivity index (χ0) is 17.6. The summed E-state index contributed by atoms with van der Waals surface area (Å²) in [6.07, 6.45) is 0. The van der Waals surface area contributed by atoms with Crippen LogP contribution in [0.2, 0.25) is 0 Å². The van der Waals surface area contributed by atoms with Gasteiger partial charge in [0.2, 0.25) is 0 Å². The first-order valence-corrected chi connectivity index (χ1v) is 8.35. The Morgan fingerprint density at radius 2 is 1.28 bits per heavy atom. The van der Waals surface area contributed by atoms with Gasteiger partial charge >= 0.3 is 5.97 Å². The van der Waals surface area contributed by atoms with E-state index in [9.17, 15) is 4.79 Å². The maximum absolute atomic E-state index is 12.2. The van der Waals surface area contributed by atoms with Crippen molar-refractivity contribution >= 4 is 21.9 Å². The second kappa shape index (κ2) is 7.85. The van der Waals surface area contributed by atoms with E-state index in [2.05, 4.69) is 15.9 Å². The lowest BCUT2D eigenvalue weighted by atomic mass is 10.2. The third kappa shape index (κ3) is 4.00. The molecular weight excluding hydrogens is 384 g/mol. The van der Waals surface area contributed by atoms with E-state index in [1.54, 1.807) is 24.3 Å². The molecule has 0 aliphatic rings. The van der Waals surface area contributed by atoms with Crippen molar-refractivity contribution in [1.29, 1.82) is 0 Å². The highest BCUT2D eigenvalue weighted by Crippen LogP contribution is 2.43. The van der Waals surface area contributed by atoms with Gasteiger partial charge in [0.25, 0.3) is 0 Å². The molecule has 0 heterocycles. The second-order valence-electron chi connectivity index (χ2n) is 5.08. The van der Waals surface area contributed by atoms with Gasteiger partial charge in [-0.25, -0.2) is 4.79 Å². The summed E-state index contributed by atoms with van der Waals surface area (Å²) in [6.45, 7) is 0. The summed E-state index contributed by atoms with van der Waals surface area (Å²) in [7, 11) is 1.33. The van der Waals surface area contributed by atoms with Gasteiger partial charge in [0.05, 0.1) is 11.6 Å². The van der Waals surface area contributed by atoms with E-state index in [-0.39, 0.29) is 11.3 Å². The predicted molar refractivity (Wildman–Crippen MR) is 98.5 cm³/mol. The van der Waals surface area contributed by atoms with Crippen LogP contribution >= 0.6 is 15.9 Å². The topological polar surface area (TPSA) is 44.8 Å². The molecule has 3 rings (SSSR count). The zero-order valence-corrected chi connectivity index (χ0v) is 15.0. The molecule has 0 atom stereocenters. The molecule has 126 valence electrons. The number of halogens is 1. The molecule has 0 aliphatic carbocycles. The van der Waals surface area contributed by atoms with E-state index >= 15 is 0 Å². The molecule has 0 aromatic heterocycles. The lowest BCUT2D eigenvalue weighted by Crippen LogP contribution is -2.05. The van der Waals surface area contributed by atoms with Gasteiger partial charge in [-0.15, -0.1) is 0 Å². The van der Waals surface area contributed by atoms with Crippen LogP contribution in [0, 0.1) is 0 Å². The molecule has 3 aromatic carbocycles. The van der Waals surface area contributed by atoms with E-state index < -0.39 is 5.97 Å². The first-order chi connectivity index (χ1) is 12.2. The normalized spacial score (nSPS) is 10.2. The second-order valence-corrected chi connectivity index (χ2v) is 5.93. The highest BCUT2D eigenvalue weighted by atomic mass is 79.9. The first-order valence-electron chi connectivity index (χ1n) is 7.55. The van der Waals surface area contributed by atoms with Crippen LogP contribution in [0.1, 0.15) is 10.4 Å². The molecule has 0 unspecified atom stereocenters. The Hall–Kier alpha value is -2.79. The highest BCUT2D eigenvalue weighted by molar-refractivity contribution is 9.10.